The number of phenols is 1. The van der Waals surface area contributed by atoms with E-state index in [1.807, 2.05) is 0 Å². The number of carbonyl (C=O) groups excluding carboxylic acids is 1. The Balaban J connectivity index is 2.26. The Morgan fingerprint density at radius 1 is 1.32 bits per heavy atom. The molecule has 2 N–H and O–H groups in total. The zero-order valence-corrected chi connectivity index (χ0v) is 14.3. The molecule has 0 amide bonds. The minimum absolute atomic E-state index is 0.00372. The quantitative estimate of drug-likeness (QED) is 0.830. The number of aliphatic hydroxyl groups excluding tert-OH is 1. The summed E-state index contributed by atoms with van der Waals surface area (Å²) in [6, 6.07) is 3.15. The van der Waals surface area contributed by atoms with Crippen LogP contribution in [0.2, 0.25) is 0 Å². The first kappa shape index (κ1) is 17.2. The molecule has 0 unspecified atom stereocenters. The van der Waals surface area contributed by atoms with Crippen LogP contribution < -0.4 is 5.63 Å². The van der Waals surface area contributed by atoms with E-state index in [0.717, 1.165) is 0 Å². The van der Waals surface area contributed by atoms with Gasteiger partial charge in [-0.3, -0.25) is 4.79 Å². The Bertz CT molecular complexity index is 935. The number of benzene rings is 1. The normalized spacial score (nSPS) is 18.8. The van der Waals surface area contributed by atoms with E-state index in [1.165, 1.54) is 6.08 Å². The Labute approximate surface area is 144 Å². The fourth-order valence-corrected chi connectivity index (χ4v) is 3.04. The number of fused-ring (bicyclic) bond motifs is 1. The van der Waals surface area contributed by atoms with Crippen LogP contribution in [0, 0.1) is 6.92 Å². The smallest absolute Gasteiger partial charge is 0.347 e. The number of aliphatic hydroxyl groups is 1. The first-order valence-corrected chi connectivity index (χ1v) is 8.15. The molecule has 132 valence electrons. The number of aryl methyl sites for hydroxylation is 1. The fraction of sp³-hybridized carbons (Fsp3) is 0.368. The lowest BCUT2D eigenvalue weighted by molar-refractivity contribution is -0.117. The van der Waals surface area contributed by atoms with Crippen molar-refractivity contribution in [1.29, 1.82) is 0 Å². The molecule has 0 saturated heterocycles. The minimum Gasteiger partial charge on any atom is -0.508 e. The second kappa shape index (κ2) is 6.37. The van der Waals surface area contributed by atoms with Gasteiger partial charge in [0, 0.05) is 23.4 Å². The van der Waals surface area contributed by atoms with Crippen molar-refractivity contribution in [2.24, 2.45) is 0 Å². The van der Waals surface area contributed by atoms with Gasteiger partial charge >= 0.3 is 5.63 Å². The van der Waals surface area contributed by atoms with Crippen LogP contribution >= 0.6 is 0 Å². The third-order valence-corrected chi connectivity index (χ3v) is 4.22. The SMILES string of the molecule is Cc1c(O)cc(C[C@@H](C)O)c2cc(C3=CC(=O)C[C@@H](C)O3)c(=O)oc12. The van der Waals surface area contributed by atoms with Crippen LogP contribution in [0.4, 0.5) is 0 Å². The summed E-state index contributed by atoms with van der Waals surface area (Å²) < 4.78 is 11.0. The van der Waals surface area contributed by atoms with E-state index in [2.05, 4.69) is 0 Å². The topological polar surface area (TPSA) is 97.0 Å². The molecule has 25 heavy (non-hydrogen) atoms. The van der Waals surface area contributed by atoms with Gasteiger partial charge in [-0.25, -0.2) is 4.79 Å². The molecule has 0 aliphatic carbocycles. The molecule has 2 atom stereocenters. The molecule has 6 nitrogen and oxygen atoms in total. The third-order valence-electron chi connectivity index (χ3n) is 4.22. The molecule has 3 rings (SSSR count). The zero-order chi connectivity index (χ0) is 18.3. The molecular formula is C19H20O6. The van der Waals surface area contributed by atoms with Crippen molar-refractivity contribution in [2.45, 2.75) is 45.8 Å². The van der Waals surface area contributed by atoms with E-state index in [9.17, 15) is 19.8 Å². The Morgan fingerprint density at radius 2 is 2.04 bits per heavy atom. The number of aromatic hydroxyl groups is 1. The standard InChI is InChI=1S/C19H20O6/c1-9(20)4-12-6-16(22)11(3)18-14(12)8-15(19(23)25-18)17-7-13(21)5-10(2)24-17/h6-10,20,22H,4-5H2,1-3H3/t9-,10-/m1/s1. The van der Waals surface area contributed by atoms with E-state index in [-0.39, 0.29) is 47.4 Å². The van der Waals surface area contributed by atoms with Crippen LogP contribution in [0.1, 0.15) is 37.0 Å². The number of ketones is 1. The highest BCUT2D eigenvalue weighted by Gasteiger charge is 2.23. The summed E-state index contributed by atoms with van der Waals surface area (Å²) in [5.74, 6) is 0.0726. The molecule has 0 radical (unpaired) electrons. The molecule has 1 aromatic carbocycles. The van der Waals surface area contributed by atoms with Crippen molar-refractivity contribution in [3.63, 3.8) is 0 Å². The van der Waals surface area contributed by atoms with E-state index in [4.69, 9.17) is 9.15 Å². The monoisotopic (exact) mass is 344 g/mol. The predicted molar refractivity (Wildman–Crippen MR) is 92.4 cm³/mol. The van der Waals surface area contributed by atoms with Crippen LogP contribution in [0.15, 0.2) is 27.4 Å². The zero-order valence-electron chi connectivity index (χ0n) is 14.3. The van der Waals surface area contributed by atoms with Gasteiger partial charge in [-0.15, -0.1) is 0 Å². The Kier molecular flexibility index (Phi) is 4.39. The lowest BCUT2D eigenvalue weighted by Gasteiger charge is -2.20. The molecular weight excluding hydrogens is 324 g/mol. The first-order valence-electron chi connectivity index (χ1n) is 8.15. The van der Waals surface area contributed by atoms with Crippen molar-refractivity contribution in [2.75, 3.05) is 0 Å². The molecule has 1 aromatic heterocycles. The third kappa shape index (κ3) is 3.30. The summed E-state index contributed by atoms with van der Waals surface area (Å²) >= 11 is 0. The van der Waals surface area contributed by atoms with Gasteiger partial charge in [-0.05, 0) is 44.9 Å². The summed E-state index contributed by atoms with van der Waals surface area (Å²) in [4.78, 5) is 24.2. The highest BCUT2D eigenvalue weighted by Crippen LogP contribution is 2.32. The number of rotatable bonds is 3. The van der Waals surface area contributed by atoms with E-state index in [1.54, 1.807) is 32.9 Å². The van der Waals surface area contributed by atoms with Gasteiger partial charge in [0.2, 0.25) is 0 Å². The molecule has 0 bridgehead atoms. The van der Waals surface area contributed by atoms with Gasteiger partial charge in [0.1, 0.15) is 28.8 Å². The summed E-state index contributed by atoms with van der Waals surface area (Å²) in [6.07, 6.45) is 0.906. The highest BCUT2D eigenvalue weighted by atomic mass is 16.5. The number of hydrogen-bond donors (Lipinski definition) is 2. The molecule has 2 aromatic rings. The van der Waals surface area contributed by atoms with E-state index in [0.29, 0.717) is 16.5 Å². The van der Waals surface area contributed by atoms with Gasteiger partial charge in [-0.1, -0.05) is 0 Å². The number of carbonyl (C=O) groups is 1. The van der Waals surface area contributed by atoms with Gasteiger partial charge < -0.3 is 19.4 Å². The van der Waals surface area contributed by atoms with Crippen LogP contribution in [-0.4, -0.2) is 28.2 Å². The van der Waals surface area contributed by atoms with Crippen molar-refractivity contribution >= 4 is 22.5 Å². The highest BCUT2D eigenvalue weighted by molar-refractivity contribution is 5.98. The van der Waals surface area contributed by atoms with Gasteiger partial charge in [0.05, 0.1) is 6.10 Å². The van der Waals surface area contributed by atoms with Crippen LogP contribution in [0.3, 0.4) is 0 Å². The predicted octanol–water partition coefficient (Wildman–Crippen LogP) is 2.45. The summed E-state index contributed by atoms with van der Waals surface area (Å²) in [7, 11) is 0. The molecule has 1 aliphatic heterocycles. The average Bonchev–Trinajstić information content (AvgIpc) is 2.50. The largest absolute Gasteiger partial charge is 0.508 e. The number of allylic oxidation sites excluding steroid dienone is 1. The number of hydrogen-bond acceptors (Lipinski definition) is 6. The second-order valence-electron chi connectivity index (χ2n) is 6.53. The lowest BCUT2D eigenvalue weighted by Crippen LogP contribution is -2.21. The molecule has 0 fully saturated rings. The van der Waals surface area contributed by atoms with E-state index < -0.39 is 11.7 Å². The number of ether oxygens (including phenoxy) is 1. The minimum atomic E-state index is -0.641. The van der Waals surface area contributed by atoms with Crippen LogP contribution in [0.5, 0.6) is 5.75 Å². The van der Waals surface area contributed by atoms with Crippen molar-refractivity contribution < 1.29 is 24.2 Å². The maximum Gasteiger partial charge on any atom is 0.347 e. The first-order chi connectivity index (χ1) is 11.8. The average molecular weight is 344 g/mol. The maximum atomic E-state index is 12.4. The Hall–Kier alpha value is -2.60. The van der Waals surface area contributed by atoms with Gasteiger partial charge in [0.25, 0.3) is 0 Å². The molecule has 6 heteroatoms. The van der Waals surface area contributed by atoms with Crippen LogP contribution in [-0.2, 0) is 16.0 Å². The van der Waals surface area contributed by atoms with Gasteiger partial charge in [-0.2, -0.15) is 0 Å². The van der Waals surface area contributed by atoms with Crippen LogP contribution in [0.25, 0.3) is 16.7 Å². The Morgan fingerprint density at radius 3 is 2.68 bits per heavy atom. The summed E-state index contributed by atoms with van der Waals surface area (Å²) in [6.45, 7) is 5.04. The molecule has 2 heterocycles. The van der Waals surface area contributed by atoms with Crippen molar-refractivity contribution in [1.82, 2.24) is 0 Å². The van der Waals surface area contributed by atoms with Crippen molar-refractivity contribution in [3.05, 3.63) is 45.3 Å². The molecule has 0 saturated carbocycles. The number of phenolic OH excluding ortho intramolecular Hbond substituents is 1. The lowest BCUT2D eigenvalue weighted by atomic mass is 9.98. The second-order valence-corrected chi connectivity index (χ2v) is 6.53. The van der Waals surface area contributed by atoms with E-state index >= 15 is 0 Å². The fourth-order valence-electron chi connectivity index (χ4n) is 3.04. The molecule has 0 spiro atoms. The van der Waals surface area contributed by atoms with Gasteiger partial charge in [0.15, 0.2) is 5.78 Å². The summed E-state index contributed by atoms with van der Waals surface area (Å²) in [5, 5.41) is 20.4. The van der Waals surface area contributed by atoms with Crippen molar-refractivity contribution in [3.8, 4) is 5.75 Å². The summed E-state index contributed by atoms with van der Waals surface area (Å²) in [5.41, 5.74) is 0.867. The molecule has 1 aliphatic rings. The maximum absolute atomic E-state index is 12.4.